The van der Waals surface area contributed by atoms with Gasteiger partial charge in [-0.1, -0.05) is 0 Å². The zero-order chi connectivity index (χ0) is 21.1. The molecule has 7 heteroatoms. The van der Waals surface area contributed by atoms with Gasteiger partial charge in [0.1, 0.15) is 5.75 Å². The number of nitrogens with zero attached hydrogens (tertiary/aromatic N) is 2. The summed E-state index contributed by atoms with van der Waals surface area (Å²) in [6.07, 6.45) is 1.68. The van der Waals surface area contributed by atoms with Crippen LogP contribution in [0.4, 0.5) is 0 Å². The van der Waals surface area contributed by atoms with Crippen molar-refractivity contribution in [2.75, 3.05) is 7.11 Å². The zero-order valence-electron chi connectivity index (χ0n) is 16.6. The Bertz CT molecular complexity index is 1100. The van der Waals surface area contributed by atoms with Crippen molar-refractivity contribution >= 4 is 57.3 Å². The van der Waals surface area contributed by atoms with Crippen molar-refractivity contribution in [2.24, 2.45) is 5.10 Å². The highest BCUT2D eigenvalue weighted by atomic mass is 127. The number of rotatable bonds is 5. The van der Waals surface area contributed by atoms with Gasteiger partial charge in [0.2, 0.25) is 0 Å². The number of carbonyl (C=O) groups excluding carboxylic acids is 1. The number of aromatic nitrogens is 1. The summed E-state index contributed by atoms with van der Waals surface area (Å²) in [4.78, 5) is 12.4. The number of carbonyl (C=O) groups is 1. The number of aryl methyl sites for hydroxylation is 2. The SMILES string of the molecule is COc1cc(C(=O)N/N=C/c2cc(C)n(-c3ccc(I)c(C)c3)c2C)ccc1I. The standard InChI is InChI=1S/C22H21I2N3O2/c1-13-9-18(6-8-19(13)23)27-14(2)10-17(15(27)3)12-25-26-22(28)16-5-7-20(24)21(11-16)29-4/h5-12H,1-4H3,(H,26,28)/b25-12+. The number of nitrogens with one attached hydrogen (secondary N) is 1. The third kappa shape index (κ3) is 4.82. The summed E-state index contributed by atoms with van der Waals surface area (Å²) < 4.78 is 9.65. The molecule has 3 rings (SSSR count). The van der Waals surface area contributed by atoms with Crippen LogP contribution in [0.25, 0.3) is 5.69 Å². The summed E-state index contributed by atoms with van der Waals surface area (Å²) in [6.45, 7) is 6.22. The fourth-order valence-corrected chi connectivity index (χ4v) is 4.00. The number of methoxy groups -OCH3 is 1. The lowest BCUT2D eigenvalue weighted by Crippen LogP contribution is -2.17. The zero-order valence-corrected chi connectivity index (χ0v) is 20.9. The number of benzene rings is 2. The van der Waals surface area contributed by atoms with Crippen molar-refractivity contribution in [3.8, 4) is 11.4 Å². The van der Waals surface area contributed by atoms with Crippen LogP contribution in [-0.4, -0.2) is 23.8 Å². The molecule has 1 N–H and O–H groups in total. The second-order valence-electron chi connectivity index (χ2n) is 6.64. The molecule has 3 aromatic rings. The van der Waals surface area contributed by atoms with E-state index in [1.165, 1.54) is 9.13 Å². The number of hydrogen-bond donors (Lipinski definition) is 1. The smallest absolute Gasteiger partial charge is 0.271 e. The first kappa shape index (κ1) is 21.8. The predicted octanol–water partition coefficient (Wildman–Crippen LogP) is 5.38. The number of hydrogen-bond acceptors (Lipinski definition) is 3. The highest BCUT2D eigenvalue weighted by molar-refractivity contribution is 14.1. The molecule has 1 aromatic heterocycles. The summed E-state index contributed by atoms with van der Waals surface area (Å²) >= 11 is 4.50. The molecule has 5 nitrogen and oxygen atoms in total. The van der Waals surface area contributed by atoms with Gasteiger partial charge in [-0.3, -0.25) is 4.79 Å². The molecule has 0 unspecified atom stereocenters. The van der Waals surface area contributed by atoms with Crippen LogP contribution < -0.4 is 10.2 Å². The van der Waals surface area contributed by atoms with Crippen LogP contribution >= 0.6 is 45.2 Å². The lowest BCUT2D eigenvalue weighted by molar-refractivity contribution is 0.0954. The molecule has 0 saturated carbocycles. The van der Waals surface area contributed by atoms with Gasteiger partial charge in [-0.15, -0.1) is 0 Å². The predicted molar refractivity (Wildman–Crippen MR) is 133 cm³/mol. The first-order chi connectivity index (χ1) is 13.8. The largest absolute Gasteiger partial charge is 0.496 e. The molecule has 1 amide bonds. The van der Waals surface area contributed by atoms with Gasteiger partial charge in [-0.05, 0) is 114 Å². The molecule has 150 valence electrons. The van der Waals surface area contributed by atoms with Crippen LogP contribution in [0.5, 0.6) is 5.75 Å². The number of ether oxygens (including phenoxy) is 1. The van der Waals surface area contributed by atoms with Crippen molar-refractivity contribution in [2.45, 2.75) is 20.8 Å². The molecule has 0 bridgehead atoms. The van der Waals surface area contributed by atoms with Crippen LogP contribution in [-0.2, 0) is 0 Å². The lowest BCUT2D eigenvalue weighted by Gasteiger charge is -2.11. The maximum Gasteiger partial charge on any atom is 0.271 e. The molecule has 0 aliphatic carbocycles. The molecule has 0 fully saturated rings. The second-order valence-corrected chi connectivity index (χ2v) is 8.97. The maximum absolute atomic E-state index is 12.4. The van der Waals surface area contributed by atoms with Gasteiger partial charge in [0, 0.05) is 31.8 Å². The average Bonchev–Trinajstić information content (AvgIpc) is 2.97. The molecular weight excluding hydrogens is 592 g/mol. The molecule has 0 aliphatic heterocycles. The lowest BCUT2D eigenvalue weighted by atomic mass is 10.2. The number of halogens is 2. The Balaban J connectivity index is 1.79. The van der Waals surface area contributed by atoms with E-state index in [0.29, 0.717) is 11.3 Å². The Morgan fingerprint density at radius 1 is 1.07 bits per heavy atom. The average molecular weight is 613 g/mol. The Kier molecular flexibility index (Phi) is 6.99. The second kappa shape index (κ2) is 9.29. The maximum atomic E-state index is 12.4. The molecule has 0 radical (unpaired) electrons. The van der Waals surface area contributed by atoms with Crippen molar-refractivity contribution in [1.29, 1.82) is 0 Å². The number of hydrazone groups is 1. The van der Waals surface area contributed by atoms with Gasteiger partial charge < -0.3 is 9.30 Å². The molecule has 0 spiro atoms. The van der Waals surface area contributed by atoms with Crippen molar-refractivity contribution in [3.63, 3.8) is 0 Å². The van der Waals surface area contributed by atoms with Gasteiger partial charge in [0.25, 0.3) is 5.91 Å². The van der Waals surface area contributed by atoms with Crippen LogP contribution in [0.15, 0.2) is 47.6 Å². The Morgan fingerprint density at radius 2 is 1.79 bits per heavy atom. The summed E-state index contributed by atoms with van der Waals surface area (Å²) in [5.74, 6) is 0.386. The summed E-state index contributed by atoms with van der Waals surface area (Å²) in [5.41, 5.74) is 8.59. The third-order valence-electron chi connectivity index (χ3n) is 4.65. The van der Waals surface area contributed by atoms with Gasteiger partial charge in [-0.2, -0.15) is 5.10 Å². The molecule has 0 aliphatic rings. The Morgan fingerprint density at radius 3 is 2.48 bits per heavy atom. The van der Waals surface area contributed by atoms with E-state index in [2.05, 4.69) is 98.4 Å². The Hall–Kier alpha value is -1.88. The van der Waals surface area contributed by atoms with Gasteiger partial charge in [-0.25, -0.2) is 5.43 Å². The minimum absolute atomic E-state index is 0.280. The molecule has 0 saturated heterocycles. The monoisotopic (exact) mass is 613 g/mol. The van der Waals surface area contributed by atoms with E-state index < -0.39 is 0 Å². The first-order valence-corrected chi connectivity index (χ1v) is 11.1. The quantitative estimate of drug-likeness (QED) is 0.239. The summed E-state index contributed by atoms with van der Waals surface area (Å²) in [7, 11) is 1.59. The van der Waals surface area contributed by atoms with Gasteiger partial charge >= 0.3 is 0 Å². The minimum Gasteiger partial charge on any atom is -0.496 e. The van der Waals surface area contributed by atoms with Gasteiger partial charge in [0.15, 0.2) is 0 Å². The fraction of sp³-hybridized carbons (Fsp3) is 0.182. The van der Waals surface area contributed by atoms with Crippen LogP contribution in [0.2, 0.25) is 0 Å². The first-order valence-electron chi connectivity index (χ1n) is 8.94. The van der Waals surface area contributed by atoms with E-state index in [-0.39, 0.29) is 5.91 Å². The molecule has 1 heterocycles. The van der Waals surface area contributed by atoms with Crippen LogP contribution in [0.1, 0.15) is 32.9 Å². The van der Waals surface area contributed by atoms with Crippen LogP contribution in [0.3, 0.4) is 0 Å². The van der Waals surface area contributed by atoms with Gasteiger partial charge in [0.05, 0.1) is 16.9 Å². The molecular formula is C22H21I2N3O2. The Labute approximate surface area is 197 Å². The van der Waals surface area contributed by atoms with E-state index in [1.807, 2.05) is 13.0 Å². The van der Waals surface area contributed by atoms with E-state index in [9.17, 15) is 4.79 Å². The normalized spacial score (nSPS) is 11.1. The molecule has 0 atom stereocenters. The van der Waals surface area contributed by atoms with Crippen molar-refractivity contribution < 1.29 is 9.53 Å². The topological polar surface area (TPSA) is 55.6 Å². The van der Waals surface area contributed by atoms with E-state index in [1.54, 1.807) is 25.5 Å². The minimum atomic E-state index is -0.280. The van der Waals surface area contributed by atoms with E-state index in [0.717, 1.165) is 26.2 Å². The fourth-order valence-electron chi connectivity index (χ4n) is 3.11. The summed E-state index contributed by atoms with van der Waals surface area (Å²) in [6, 6.07) is 13.8. The summed E-state index contributed by atoms with van der Waals surface area (Å²) in [5, 5.41) is 4.15. The van der Waals surface area contributed by atoms with E-state index >= 15 is 0 Å². The highest BCUT2D eigenvalue weighted by Crippen LogP contribution is 2.23. The van der Waals surface area contributed by atoms with Crippen molar-refractivity contribution in [1.82, 2.24) is 9.99 Å². The highest BCUT2D eigenvalue weighted by Gasteiger charge is 2.11. The molecule has 2 aromatic carbocycles. The van der Waals surface area contributed by atoms with Crippen molar-refractivity contribution in [3.05, 3.63) is 77.7 Å². The van der Waals surface area contributed by atoms with Crippen LogP contribution in [0, 0.1) is 27.9 Å². The number of amides is 1. The van der Waals surface area contributed by atoms with E-state index in [4.69, 9.17) is 4.74 Å². The molecule has 29 heavy (non-hydrogen) atoms. The third-order valence-corrected chi connectivity index (χ3v) is 6.75.